The molecule has 20 heavy (non-hydrogen) atoms. The van der Waals surface area contributed by atoms with E-state index in [1.165, 1.54) is 22.8 Å². The van der Waals surface area contributed by atoms with Gasteiger partial charge in [-0.15, -0.1) is 0 Å². The first-order chi connectivity index (χ1) is 9.58. The fraction of sp³-hybridized carbons (Fsp3) is 0.143. The second-order valence-corrected chi connectivity index (χ2v) is 4.11. The normalized spacial score (nSPS) is 10.2. The molecule has 0 aliphatic heterocycles. The zero-order chi connectivity index (χ0) is 14.5. The number of halogens is 1. The molecule has 1 aromatic heterocycles. The van der Waals surface area contributed by atoms with Crippen molar-refractivity contribution < 1.29 is 13.9 Å². The molecule has 0 saturated carbocycles. The Balaban J connectivity index is 1.98. The number of benzene rings is 1. The number of hydrogen-bond acceptors (Lipinski definition) is 4. The fourth-order valence-electron chi connectivity index (χ4n) is 1.66. The number of carbonyl (C=O) groups excluding carboxylic acids is 1. The van der Waals surface area contributed by atoms with E-state index >= 15 is 0 Å². The van der Waals surface area contributed by atoms with Crippen molar-refractivity contribution in [2.24, 2.45) is 0 Å². The molecule has 0 aliphatic rings. The molecule has 2 rings (SSSR count). The number of rotatable bonds is 4. The van der Waals surface area contributed by atoms with Crippen molar-refractivity contribution in [3.05, 3.63) is 64.3 Å². The van der Waals surface area contributed by atoms with Gasteiger partial charge in [-0.25, -0.2) is 9.18 Å². The number of nitrogens with zero attached hydrogens (tertiary/aromatic N) is 1. The van der Waals surface area contributed by atoms with Crippen molar-refractivity contribution >= 4 is 11.7 Å². The summed E-state index contributed by atoms with van der Waals surface area (Å²) in [6.07, 6.45) is 1.58. The van der Waals surface area contributed by atoms with Crippen LogP contribution in [0.5, 0.6) is 0 Å². The second kappa shape index (κ2) is 6.01. The average molecular weight is 276 g/mol. The Hall–Kier alpha value is -2.63. The fourth-order valence-corrected chi connectivity index (χ4v) is 1.66. The lowest BCUT2D eigenvalue weighted by Gasteiger charge is -2.07. The zero-order valence-corrected chi connectivity index (χ0v) is 10.6. The minimum Gasteiger partial charge on any atom is -0.460 e. The second-order valence-electron chi connectivity index (χ2n) is 4.11. The summed E-state index contributed by atoms with van der Waals surface area (Å²) in [5, 5.41) is 0. The summed E-state index contributed by atoms with van der Waals surface area (Å²) in [7, 11) is 0. The summed E-state index contributed by atoms with van der Waals surface area (Å²) in [6.45, 7) is 0.173. The molecule has 0 radical (unpaired) electrons. The SMILES string of the molecule is Nc1ccc(F)c(C(=O)OCCn2ccccc2=O)c1. The van der Waals surface area contributed by atoms with Gasteiger partial charge in [0, 0.05) is 18.0 Å². The summed E-state index contributed by atoms with van der Waals surface area (Å²) >= 11 is 0. The highest BCUT2D eigenvalue weighted by atomic mass is 19.1. The van der Waals surface area contributed by atoms with Crippen LogP contribution in [0.1, 0.15) is 10.4 Å². The number of carbonyl (C=O) groups is 1. The Kier molecular flexibility index (Phi) is 4.14. The van der Waals surface area contributed by atoms with E-state index in [1.54, 1.807) is 18.3 Å². The molecule has 2 N–H and O–H groups in total. The number of pyridine rings is 1. The van der Waals surface area contributed by atoms with Gasteiger partial charge < -0.3 is 15.0 Å². The highest BCUT2D eigenvalue weighted by Crippen LogP contribution is 2.13. The van der Waals surface area contributed by atoms with Crippen LogP contribution in [0.25, 0.3) is 0 Å². The van der Waals surface area contributed by atoms with E-state index in [9.17, 15) is 14.0 Å². The Labute approximate surface area is 114 Å². The Bertz CT molecular complexity index is 682. The maximum Gasteiger partial charge on any atom is 0.341 e. The molecule has 0 bridgehead atoms. The van der Waals surface area contributed by atoms with Crippen molar-refractivity contribution in [2.45, 2.75) is 6.54 Å². The van der Waals surface area contributed by atoms with Gasteiger partial charge in [-0.3, -0.25) is 4.79 Å². The highest BCUT2D eigenvalue weighted by molar-refractivity contribution is 5.90. The lowest BCUT2D eigenvalue weighted by molar-refractivity contribution is 0.0485. The maximum absolute atomic E-state index is 13.4. The molecule has 104 valence electrons. The molecule has 0 atom stereocenters. The van der Waals surface area contributed by atoms with Gasteiger partial charge in [-0.2, -0.15) is 0 Å². The first-order valence-electron chi connectivity index (χ1n) is 5.95. The first kappa shape index (κ1) is 13.8. The molecular weight excluding hydrogens is 263 g/mol. The van der Waals surface area contributed by atoms with Crippen LogP contribution in [0, 0.1) is 5.82 Å². The third-order valence-corrected chi connectivity index (χ3v) is 2.67. The van der Waals surface area contributed by atoms with Crippen molar-refractivity contribution in [3.63, 3.8) is 0 Å². The average Bonchev–Trinajstić information content (AvgIpc) is 2.43. The Morgan fingerprint density at radius 3 is 2.85 bits per heavy atom. The summed E-state index contributed by atoms with van der Waals surface area (Å²) in [4.78, 5) is 23.1. The van der Waals surface area contributed by atoms with E-state index in [0.717, 1.165) is 6.07 Å². The molecular formula is C14H13FN2O3. The minimum absolute atomic E-state index is 0.0308. The van der Waals surface area contributed by atoms with Crippen LogP contribution < -0.4 is 11.3 Å². The molecule has 1 heterocycles. The number of aromatic nitrogens is 1. The van der Waals surface area contributed by atoms with Gasteiger partial charge in [0.25, 0.3) is 5.56 Å². The van der Waals surface area contributed by atoms with E-state index in [0.29, 0.717) is 0 Å². The Morgan fingerprint density at radius 2 is 2.10 bits per heavy atom. The molecule has 2 aromatic rings. The summed E-state index contributed by atoms with van der Waals surface area (Å²) < 4.78 is 19.7. The lowest BCUT2D eigenvalue weighted by atomic mass is 10.2. The molecule has 0 unspecified atom stereocenters. The first-order valence-corrected chi connectivity index (χ1v) is 5.95. The van der Waals surface area contributed by atoms with Crippen LogP contribution in [0.2, 0.25) is 0 Å². The van der Waals surface area contributed by atoms with Crippen molar-refractivity contribution in [3.8, 4) is 0 Å². The van der Waals surface area contributed by atoms with Gasteiger partial charge in [0.15, 0.2) is 0 Å². The molecule has 0 aliphatic carbocycles. The summed E-state index contributed by atoms with van der Waals surface area (Å²) in [6, 6.07) is 8.39. The minimum atomic E-state index is -0.807. The number of esters is 1. The van der Waals surface area contributed by atoms with Crippen LogP contribution in [-0.4, -0.2) is 17.1 Å². The largest absolute Gasteiger partial charge is 0.460 e. The van der Waals surface area contributed by atoms with Gasteiger partial charge in [-0.1, -0.05) is 6.07 Å². The molecule has 1 aromatic carbocycles. The molecule has 0 spiro atoms. The summed E-state index contributed by atoms with van der Waals surface area (Å²) in [5.41, 5.74) is 5.35. The number of ether oxygens (including phenoxy) is 1. The van der Waals surface area contributed by atoms with Crippen LogP contribution >= 0.6 is 0 Å². The zero-order valence-electron chi connectivity index (χ0n) is 10.6. The van der Waals surface area contributed by atoms with Crippen molar-refractivity contribution in [1.29, 1.82) is 0 Å². The lowest BCUT2D eigenvalue weighted by Crippen LogP contribution is -2.21. The predicted octanol–water partition coefficient (Wildman–Crippen LogP) is 1.43. The maximum atomic E-state index is 13.4. The van der Waals surface area contributed by atoms with E-state index in [1.807, 2.05) is 0 Å². The molecule has 0 amide bonds. The van der Waals surface area contributed by atoms with Crippen LogP contribution in [-0.2, 0) is 11.3 Å². The van der Waals surface area contributed by atoms with Gasteiger partial charge in [0.05, 0.1) is 12.1 Å². The monoisotopic (exact) mass is 276 g/mol. The van der Waals surface area contributed by atoms with E-state index in [2.05, 4.69) is 0 Å². The predicted molar refractivity (Wildman–Crippen MR) is 71.8 cm³/mol. The van der Waals surface area contributed by atoms with Gasteiger partial charge in [-0.05, 0) is 24.3 Å². The number of anilines is 1. The van der Waals surface area contributed by atoms with Crippen LogP contribution in [0.15, 0.2) is 47.4 Å². The molecule has 0 fully saturated rings. The third kappa shape index (κ3) is 3.23. The number of nitrogens with two attached hydrogens (primary N) is 1. The van der Waals surface area contributed by atoms with Crippen molar-refractivity contribution in [1.82, 2.24) is 4.57 Å². The van der Waals surface area contributed by atoms with Crippen molar-refractivity contribution in [2.75, 3.05) is 12.3 Å². The summed E-state index contributed by atoms with van der Waals surface area (Å²) in [5.74, 6) is -1.50. The van der Waals surface area contributed by atoms with Crippen LogP contribution in [0.3, 0.4) is 0 Å². The highest BCUT2D eigenvalue weighted by Gasteiger charge is 2.13. The quantitative estimate of drug-likeness (QED) is 0.677. The van der Waals surface area contributed by atoms with Crippen LogP contribution in [0.4, 0.5) is 10.1 Å². The Morgan fingerprint density at radius 1 is 1.30 bits per heavy atom. The topological polar surface area (TPSA) is 74.3 Å². The van der Waals surface area contributed by atoms with Gasteiger partial charge in [0.1, 0.15) is 12.4 Å². The number of nitrogen functional groups attached to an aromatic ring is 1. The third-order valence-electron chi connectivity index (χ3n) is 2.67. The smallest absolute Gasteiger partial charge is 0.341 e. The molecule has 0 saturated heterocycles. The van der Waals surface area contributed by atoms with E-state index in [4.69, 9.17) is 10.5 Å². The molecule has 6 heteroatoms. The van der Waals surface area contributed by atoms with E-state index < -0.39 is 11.8 Å². The van der Waals surface area contributed by atoms with Gasteiger partial charge >= 0.3 is 5.97 Å². The molecule has 5 nitrogen and oxygen atoms in total. The number of hydrogen-bond donors (Lipinski definition) is 1. The standard InChI is InChI=1S/C14H13FN2O3/c15-12-5-4-10(16)9-11(12)14(19)20-8-7-17-6-2-1-3-13(17)18/h1-6,9H,7-8,16H2. The van der Waals surface area contributed by atoms with Gasteiger partial charge in [0.2, 0.25) is 0 Å². The van der Waals surface area contributed by atoms with E-state index in [-0.39, 0.29) is 30.0 Å².